The summed E-state index contributed by atoms with van der Waals surface area (Å²) in [7, 11) is 0. The van der Waals surface area contributed by atoms with Crippen LogP contribution in [0.4, 0.5) is 10.6 Å². The van der Waals surface area contributed by atoms with E-state index in [0.717, 1.165) is 12.8 Å². The number of anilines is 1. The van der Waals surface area contributed by atoms with Gasteiger partial charge in [0.2, 0.25) is 11.8 Å². The highest BCUT2D eigenvalue weighted by Gasteiger charge is 2.27. The molecule has 29 heavy (non-hydrogen) atoms. The number of nitrogens with one attached hydrogen (secondary N) is 3. The topological polar surface area (TPSA) is 117 Å². The van der Waals surface area contributed by atoms with Crippen LogP contribution < -0.4 is 16.0 Å². The molecule has 1 aliphatic rings. The van der Waals surface area contributed by atoms with Gasteiger partial charge in [-0.05, 0) is 43.7 Å². The molecule has 2 aromatic rings. The predicted octanol–water partition coefficient (Wildman–Crippen LogP) is 2.00. The van der Waals surface area contributed by atoms with E-state index >= 15 is 0 Å². The van der Waals surface area contributed by atoms with E-state index in [9.17, 15) is 14.4 Å². The average Bonchev–Trinajstić information content (AvgIpc) is 3.22. The van der Waals surface area contributed by atoms with Crippen molar-refractivity contribution in [1.29, 1.82) is 0 Å². The van der Waals surface area contributed by atoms with Crippen LogP contribution in [-0.4, -0.2) is 47.4 Å². The van der Waals surface area contributed by atoms with Crippen molar-refractivity contribution in [2.75, 3.05) is 25.0 Å². The number of piperidine rings is 1. The number of furan rings is 1. The molecule has 0 bridgehead atoms. The molecule has 0 radical (unpaired) electrons. The molecule has 154 valence electrons. The third kappa shape index (κ3) is 6.58. The number of carbonyl (C=O) groups excluding carboxylic acids is 3. The molecule has 1 fully saturated rings. The average molecular weight is 420 g/mol. The van der Waals surface area contributed by atoms with Crippen LogP contribution in [0, 0.1) is 5.92 Å². The first kappa shape index (κ1) is 20.8. The van der Waals surface area contributed by atoms with Crippen molar-refractivity contribution in [3.8, 4) is 0 Å². The Bertz CT molecular complexity index is 841. The van der Waals surface area contributed by atoms with Gasteiger partial charge in [0.25, 0.3) is 0 Å². The first-order valence-corrected chi connectivity index (χ1v) is 9.62. The van der Waals surface area contributed by atoms with Crippen molar-refractivity contribution in [1.82, 2.24) is 20.5 Å². The summed E-state index contributed by atoms with van der Waals surface area (Å²) in [5.41, 5.74) is 0. The molecule has 1 atom stereocenters. The van der Waals surface area contributed by atoms with Gasteiger partial charge in [-0.3, -0.25) is 19.8 Å². The normalized spacial score (nSPS) is 16.8. The minimum absolute atomic E-state index is 0.0388. The molecule has 3 heterocycles. The van der Waals surface area contributed by atoms with Crippen LogP contribution in [0.1, 0.15) is 18.6 Å². The Hall–Kier alpha value is -2.91. The number of nitrogens with zero attached hydrogens (tertiary/aromatic N) is 2. The Balaban J connectivity index is 1.42. The molecule has 3 rings (SSSR count). The fourth-order valence-corrected chi connectivity index (χ4v) is 3.20. The summed E-state index contributed by atoms with van der Waals surface area (Å²) in [6, 6.07) is 6.13. The van der Waals surface area contributed by atoms with Crippen LogP contribution in [0.15, 0.2) is 41.1 Å². The fraction of sp³-hybridized carbons (Fsp3) is 0.368. The molecule has 0 saturated carbocycles. The van der Waals surface area contributed by atoms with E-state index < -0.39 is 11.9 Å². The van der Waals surface area contributed by atoms with Crippen molar-refractivity contribution in [2.24, 2.45) is 5.92 Å². The lowest BCUT2D eigenvalue weighted by Gasteiger charge is -2.31. The molecular weight excluding hydrogens is 398 g/mol. The van der Waals surface area contributed by atoms with Crippen LogP contribution in [0.3, 0.4) is 0 Å². The van der Waals surface area contributed by atoms with Crippen LogP contribution in [0.25, 0.3) is 0 Å². The lowest BCUT2D eigenvalue weighted by atomic mass is 9.97. The summed E-state index contributed by atoms with van der Waals surface area (Å²) in [4.78, 5) is 42.3. The fourth-order valence-electron chi connectivity index (χ4n) is 3.09. The second kappa shape index (κ2) is 10.0. The summed E-state index contributed by atoms with van der Waals surface area (Å²) in [6.07, 6.45) is 4.48. The van der Waals surface area contributed by atoms with E-state index in [1.54, 1.807) is 24.3 Å². The number of pyridine rings is 1. The number of imide groups is 1. The first-order chi connectivity index (χ1) is 14.0. The van der Waals surface area contributed by atoms with Crippen molar-refractivity contribution in [2.45, 2.75) is 19.4 Å². The van der Waals surface area contributed by atoms with E-state index in [0.29, 0.717) is 29.7 Å². The SMILES string of the molecule is O=C(CN1CCCC(C(=O)Nc2ccc(Cl)cn2)C1)NC(=O)NCc1ccco1. The molecule has 1 saturated heterocycles. The third-order valence-corrected chi connectivity index (χ3v) is 4.70. The van der Waals surface area contributed by atoms with Gasteiger partial charge in [0, 0.05) is 12.7 Å². The molecule has 1 unspecified atom stereocenters. The van der Waals surface area contributed by atoms with Crippen LogP contribution in [-0.2, 0) is 16.1 Å². The highest BCUT2D eigenvalue weighted by molar-refractivity contribution is 6.30. The standard InChI is InChI=1S/C19H22ClN5O4/c20-14-5-6-16(21-9-14)23-18(27)13-3-1-7-25(11-13)12-17(26)24-19(28)22-10-15-4-2-8-29-15/h2,4-6,8-9,13H,1,3,7,10-12H2,(H,21,23,27)(H2,22,24,26,28). The van der Waals surface area contributed by atoms with Gasteiger partial charge in [-0.1, -0.05) is 11.6 Å². The van der Waals surface area contributed by atoms with E-state index in [4.69, 9.17) is 16.0 Å². The molecule has 10 heteroatoms. The van der Waals surface area contributed by atoms with Crippen molar-refractivity contribution >= 4 is 35.3 Å². The number of aromatic nitrogens is 1. The highest BCUT2D eigenvalue weighted by Crippen LogP contribution is 2.18. The quantitative estimate of drug-likeness (QED) is 0.659. The van der Waals surface area contributed by atoms with Gasteiger partial charge in [-0.15, -0.1) is 0 Å². The number of likely N-dealkylation sites (tertiary alicyclic amines) is 1. The zero-order chi connectivity index (χ0) is 20.6. The third-order valence-electron chi connectivity index (χ3n) is 4.48. The number of hydrogen-bond acceptors (Lipinski definition) is 6. The smallest absolute Gasteiger partial charge is 0.321 e. The predicted molar refractivity (Wildman–Crippen MR) is 106 cm³/mol. The highest BCUT2D eigenvalue weighted by atomic mass is 35.5. The van der Waals surface area contributed by atoms with Crippen molar-refractivity contribution in [3.63, 3.8) is 0 Å². The van der Waals surface area contributed by atoms with Crippen LogP contribution in [0.5, 0.6) is 0 Å². The summed E-state index contributed by atoms with van der Waals surface area (Å²) < 4.78 is 5.11. The Morgan fingerprint density at radius 2 is 2.14 bits per heavy atom. The molecular formula is C19H22ClN5O4. The summed E-state index contributed by atoms with van der Waals surface area (Å²) in [5.74, 6) is 0.181. The van der Waals surface area contributed by atoms with Gasteiger partial charge in [-0.2, -0.15) is 0 Å². The summed E-state index contributed by atoms with van der Waals surface area (Å²) >= 11 is 5.79. The molecule has 9 nitrogen and oxygen atoms in total. The molecule has 0 aliphatic carbocycles. The van der Waals surface area contributed by atoms with Gasteiger partial charge in [-0.25, -0.2) is 9.78 Å². The van der Waals surface area contributed by atoms with E-state index in [1.165, 1.54) is 12.5 Å². The van der Waals surface area contributed by atoms with Gasteiger partial charge in [0.1, 0.15) is 11.6 Å². The van der Waals surface area contributed by atoms with Crippen molar-refractivity contribution in [3.05, 3.63) is 47.5 Å². The Morgan fingerprint density at radius 3 is 2.86 bits per heavy atom. The van der Waals surface area contributed by atoms with Gasteiger partial charge < -0.3 is 15.1 Å². The Morgan fingerprint density at radius 1 is 1.28 bits per heavy atom. The van der Waals surface area contributed by atoms with Gasteiger partial charge in [0.05, 0.1) is 30.3 Å². The van der Waals surface area contributed by atoms with Crippen molar-refractivity contribution < 1.29 is 18.8 Å². The lowest BCUT2D eigenvalue weighted by Crippen LogP contribution is -2.48. The number of urea groups is 1. The Kier molecular flexibility index (Phi) is 7.20. The van der Waals surface area contributed by atoms with Crippen LogP contribution >= 0.6 is 11.6 Å². The van der Waals surface area contributed by atoms with E-state index in [2.05, 4.69) is 20.9 Å². The summed E-state index contributed by atoms with van der Waals surface area (Å²) in [6.45, 7) is 1.35. The molecule has 1 aliphatic heterocycles. The second-order valence-electron chi connectivity index (χ2n) is 6.74. The minimum atomic E-state index is -0.591. The molecule has 3 N–H and O–H groups in total. The maximum absolute atomic E-state index is 12.5. The number of carbonyl (C=O) groups is 3. The summed E-state index contributed by atoms with van der Waals surface area (Å²) in [5, 5.41) is 8.09. The lowest BCUT2D eigenvalue weighted by molar-refractivity contribution is -0.125. The van der Waals surface area contributed by atoms with E-state index in [1.807, 2.05) is 4.90 Å². The van der Waals surface area contributed by atoms with Gasteiger partial charge >= 0.3 is 6.03 Å². The maximum Gasteiger partial charge on any atom is 0.321 e. The van der Waals surface area contributed by atoms with Gasteiger partial charge in [0.15, 0.2) is 0 Å². The molecule has 0 spiro atoms. The minimum Gasteiger partial charge on any atom is -0.467 e. The maximum atomic E-state index is 12.5. The zero-order valence-electron chi connectivity index (χ0n) is 15.7. The first-order valence-electron chi connectivity index (χ1n) is 9.24. The number of amides is 4. The zero-order valence-corrected chi connectivity index (χ0v) is 16.4. The Labute approximate surface area is 172 Å². The monoisotopic (exact) mass is 419 g/mol. The van der Waals surface area contributed by atoms with Crippen LogP contribution in [0.2, 0.25) is 5.02 Å². The molecule has 2 aromatic heterocycles. The molecule has 0 aromatic carbocycles. The van der Waals surface area contributed by atoms with E-state index in [-0.39, 0.29) is 24.9 Å². The molecule has 4 amide bonds. The number of halogens is 1. The largest absolute Gasteiger partial charge is 0.467 e. The second-order valence-corrected chi connectivity index (χ2v) is 7.17. The number of rotatable bonds is 6. The number of hydrogen-bond donors (Lipinski definition) is 3.